The zero-order chi connectivity index (χ0) is 11.4. The molecule has 0 saturated heterocycles. The molecule has 1 unspecified atom stereocenters. The van der Waals surface area contributed by atoms with E-state index >= 15 is 0 Å². The van der Waals surface area contributed by atoms with Crippen molar-refractivity contribution in [1.82, 2.24) is 0 Å². The van der Waals surface area contributed by atoms with Gasteiger partial charge in [0.1, 0.15) is 0 Å². The van der Waals surface area contributed by atoms with Crippen molar-refractivity contribution < 1.29 is 0 Å². The highest BCUT2D eigenvalue weighted by atomic mass is 14.6. The van der Waals surface area contributed by atoms with Crippen LogP contribution in [-0.2, 0) is 6.42 Å². The molecule has 0 heterocycles. The molecule has 0 aliphatic carbocycles. The van der Waals surface area contributed by atoms with E-state index in [9.17, 15) is 0 Å². The van der Waals surface area contributed by atoms with Gasteiger partial charge in [0.15, 0.2) is 0 Å². The summed E-state index contributed by atoms with van der Waals surface area (Å²) in [5, 5.41) is 0. The molecule has 0 radical (unpaired) electrons. The summed E-state index contributed by atoms with van der Waals surface area (Å²) >= 11 is 0. The van der Waals surface area contributed by atoms with E-state index in [2.05, 4.69) is 45.9 Å². The number of hydrogen-bond acceptors (Lipinski definition) is 1. The first-order chi connectivity index (χ1) is 6.99. The van der Waals surface area contributed by atoms with E-state index in [-0.39, 0.29) is 0 Å². The average molecular weight is 205 g/mol. The van der Waals surface area contributed by atoms with Crippen LogP contribution in [-0.4, -0.2) is 6.04 Å². The summed E-state index contributed by atoms with van der Waals surface area (Å²) in [6.07, 6.45) is 2.11. The highest BCUT2D eigenvalue weighted by molar-refractivity contribution is 5.31. The van der Waals surface area contributed by atoms with Gasteiger partial charge in [-0.05, 0) is 43.7 Å². The number of benzene rings is 1. The van der Waals surface area contributed by atoms with Crippen molar-refractivity contribution >= 4 is 0 Å². The molecule has 0 amide bonds. The molecule has 1 heteroatoms. The molecule has 0 fully saturated rings. The van der Waals surface area contributed by atoms with E-state index < -0.39 is 0 Å². The molecule has 15 heavy (non-hydrogen) atoms. The predicted molar refractivity (Wildman–Crippen MR) is 67.1 cm³/mol. The van der Waals surface area contributed by atoms with Crippen LogP contribution >= 0.6 is 0 Å². The van der Waals surface area contributed by atoms with Crippen LogP contribution in [0.5, 0.6) is 0 Å². The SMILES string of the molecule is Cc1ccc(C)c(CC(N)CC(C)C)c1. The van der Waals surface area contributed by atoms with Crippen molar-refractivity contribution in [2.45, 2.75) is 46.6 Å². The number of nitrogens with two attached hydrogens (primary N) is 1. The van der Waals surface area contributed by atoms with Crippen molar-refractivity contribution in [1.29, 1.82) is 0 Å². The van der Waals surface area contributed by atoms with E-state index in [4.69, 9.17) is 5.73 Å². The van der Waals surface area contributed by atoms with Gasteiger partial charge in [-0.1, -0.05) is 37.6 Å². The molecule has 0 aromatic heterocycles. The first-order valence-corrected chi connectivity index (χ1v) is 5.80. The van der Waals surface area contributed by atoms with Crippen molar-refractivity contribution in [3.05, 3.63) is 34.9 Å². The zero-order valence-electron chi connectivity index (χ0n) is 10.4. The fourth-order valence-corrected chi connectivity index (χ4v) is 1.99. The summed E-state index contributed by atoms with van der Waals surface area (Å²) in [5.41, 5.74) is 10.2. The summed E-state index contributed by atoms with van der Waals surface area (Å²) in [6.45, 7) is 8.75. The van der Waals surface area contributed by atoms with Gasteiger partial charge < -0.3 is 5.73 Å². The quantitative estimate of drug-likeness (QED) is 0.802. The molecule has 1 aromatic carbocycles. The van der Waals surface area contributed by atoms with Crippen molar-refractivity contribution in [3.8, 4) is 0 Å². The summed E-state index contributed by atoms with van der Waals surface area (Å²) in [7, 11) is 0. The number of hydrogen-bond donors (Lipinski definition) is 1. The fourth-order valence-electron chi connectivity index (χ4n) is 1.99. The lowest BCUT2D eigenvalue weighted by Gasteiger charge is -2.15. The Morgan fingerprint density at radius 2 is 1.87 bits per heavy atom. The predicted octanol–water partition coefficient (Wildman–Crippen LogP) is 3.22. The minimum Gasteiger partial charge on any atom is -0.327 e. The Kier molecular flexibility index (Phi) is 4.34. The Morgan fingerprint density at radius 3 is 2.47 bits per heavy atom. The van der Waals surface area contributed by atoms with Gasteiger partial charge in [0.2, 0.25) is 0 Å². The lowest BCUT2D eigenvalue weighted by atomic mass is 9.95. The normalized spacial score (nSPS) is 13.2. The van der Waals surface area contributed by atoms with E-state index in [1.165, 1.54) is 16.7 Å². The van der Waals surface area contributed by atoms with Gasteiger partial charge in [-0.25, -0.2) is 0 Å². The molecule has 0 saturated carbocycles. The molecule has 2 N–H and O–H groups in total. The third-order valence-electron chi connectivity index (χ3n) is 2.76. The smallest absolute Gasteiger partial charge is 0.00818 e. The van der Waals surface area contributed by atoms with Gasteiger partial charge in [-0.15, -0.1) is 0 Å². The van der Waals surface area contributed by atoms with Crippen molar-refractivity contribution in [2.75, 3.05) is 0 Å². The standard InChI is InChI=1S/C14H23N/c1-10(2)7-14(15)9-13-8-11(3)5-6-12(13)4/h5-6,8,10,14H,7,9,15H2,1-4H3. The maximum absolute atomic E-state index is 6.13. The molecule has 1 atom stereocenters. The van der Waals surface area contributed by atoms with Crippen LogP contribution in [0.4, 0.5) is 0 Å². The monoisotopic (exact) mass is 205 g/mol. The second-order valence-electron chi connectivity index (χ2n) is 5.02. The Bertz CT molecular complexity index is 315. The van der Waals surface area contributed by atoms with Crippen LogP contribution < -0.4 is 5.73 Å². The topological polar surface area (TPSA) is 26.0 Å². The van der Waals surface area contributed by atoms with Gasteiger partial charge in [0, 0.05) is 6.04 Å². The Balaban J connectivity index is 2.67. The van der Waals surface area contributed by atoms with Crippen LogP contribution in [0, 0.1) is 19.8 Å². The van der Waals surface area contributed by atoms with Gasteiger partial charge >= 0.3 is 0 Å². The Labute approximate surface area is 93.7 Å². The van der Waals surface area contributed by atoms with Crippen molar-refractivity contribution in [3.63, 3.8) is 0 Å². The van der Waals surface area contributed by atoms with E-state index in [0.29, 0.717) is 12.0 Å². The molecule has 0 aliphatic rings. The van der Waals surface area contributed by atoms with Crippen LogP contribution in [0.2, 0.25) is 0 Å². The lowest BCUT2D eigenvalue weighted by molar-refractivity contribution is 0.493. The van der Waals surface area contributed by atoms with Gasteiger partial charge in [0.25, 0.3) is 0 Å². The van der Waals surface area contributed by atoms with Crippen LogP contribution in [0.3, 0.4) is 0 Å². The molecular formula is C14H23N. The molecule has 1 rings (SSSR count). The second-order valence-corrected chi connectivity index (χ2v) is 5.02. The summed E-state index contributed by atoms with van der Waals surface area (Å²) in [5.74, 6) is 0.685. The largest absolute Gasteiger partial charge is 0.327 e. The van der Waals surface area contributed by atoms with Gasteiger partial charge in [-0.3, -0.25) is 0 Å². The van der Waals surface area contributed by atoms with E-state index in [1.54, 1.807) is 0 Å². The summed E-state index contributed by atoms with van der Waals surface area (Å²) in [4.78, 5) is 0. The minimum atomic E-state index is 0.297. The first-order valence-electron chi connectivity index (χ1n) is 5.80. The maximum Gasteiger partial charge on any atom is 0.00818 e. The highest BCUT2D eigenvalue weighted by Gasteiger charge is 2.08. The van der Waals surface area contributed by atoms with Crippen LogP contribution in [0.15, 0.2) is 18.2 Å². The molecule has 1 nitrogen and oxygen atoms in total. The molecule has 0 bridgehead atoms. The van der Waals surface area contributed by atoms with E-state index in [1.807, 2.05) is 0 Å². The molecular weight excluding hydrogens is 182 g/mol. The van der Waals surface area contributed by atoms with Crippen molar-refractivity contribution in [2.24, 2.45) is 11.7 Å². The highest BCUT2D eigenvalue weighted by Crippen LogP contribution is 2.15. The lowest BCUT2D eigenvalue weighted by Crippen LogP contribution is -2.25. The maximum atomic E-state index is 6.13. The van der Waals surface area contributed by atoms with Crippen LogP contribution in [0.1, 0.15) is 37.0 Å². The van der Waals surface area contributed by atoms with Gasteiger partial charge in [-0.2, -0.15) is 0 Å². The molecule has 0 spiro atoms. The Hall–Kier alpha value is -0.820. The van der Waals surface area contributed by atoms with Gasteiger partial charge in [0.05, 0.1) is 0 Å². The van der Waals surface area contributed by atoms with Crippen LogP contribution in [0.25, 0.3) is 0 Å². The Morgan fingerprint density at radius 1 is 1.20 bits per heavy atom. The zero-order valence-corrected chi connectivity index (χ0v) is 10.4. The minimum absolute atomic E-state index is 0.297. The third kappa shape index (κ3) is 4.05. The second kappa shape index (κ2) is 5.32. The first kappa shape index (κ1) is 12.3. The number of aryl methyl sites for hydroxylation is 2. The van der Waals surface area contributed by atoms with E-state index in [0.717, 1.165) is 12.8 Å². The summed E-state index contributed by atoms with van der Waals surface area (Å²) < 4.78 is 0. The third-order valence-corrected chi connectivity index (χ3v) is 2.76. The molecule has 84 valence electrons. The number of rotatable bonds is 4. The summed E-state index contributed by atoms with van der Waals surface area (Å²) in [6, 6.07) is 6.90. The molecule has 0 aliphatic heterocycles. The molecule has 1 aromatic rings. The average Bonchev–Trinajstić information content (AvgIpc) is 2.10. The fraction of sp³-hybridized carbons (Fsp3) is 0.571.